The van der Waals surface area contributed by atoms with Gasteiger partial charge in [-0.3, -0.25) is 14.4 Å². The Bertz CT molecular complexity index is 393. The van der Waals surface area contributed by atoms with Gasteiger partial charge in [0.1, 0.15) is 0 Å². The van der Waals surface area contributed by atoms with Crippen LogP contribution in [0.2, 0.25) is 0 Å². The topological polar surface area (TPSA) is 108 Å². The first-order chi connectivity index (χ1) is 9.22. The van der Waals surface area contributed by atoms with E-state index in [-0.39, 0.29) is 0 Å². The third-order valence-corrected chi connectivity index (χ3v) is 2.64. The maximum atomic E-state index is 11.1. The molecular formula is C12H18O8. The standard InChI is InChI=1S/C12H18O8/c1-5-10(18-6(2)13)11(19-7(3)14)9(16)12(17-5)20-8(4)15/h5,9-12,16H,1-4H3/t5-,9+,10-,11-,12-/m0/s1. The van der Waals surface area contributed by atoms with Crippen LogP contribution in [0.1, 0.15) is 27.7 Å². The van der Waals surface area contributed by atoms with E-state index in [4.69, 9.17) is 18.9 Å². The largest absolute Gasteiger partial charge is 0.456 e. The van der Waals surface area contributed by atoms with Crippen molar-refractivity contribution in [3.8, 4) is 0 Å². The van der Waals surface area contributed by atoms with Gasteiger partial charge >= 0.3 is 17.9 Å². The molecule has 1 fully saturated rings. The Hall–Kier alpha value is -1.67. The summed E-state index contributed by atoms with van der Waals surface area (Å²) >= 11 is 0. The molecular weight excluding hydrogens is 272 g/mol. The Labute approximate surface area is 115 Å². The van der Waals surface area contributed by atoms with Crippen LogP contribution in [0.25, 0.3) is 0 Å². The number of carbonyl (C=O) groups excluding carboxylic acids is 3. The molecule has 0 aromatic carbocycles. The quantitative estimate of drug-likeness (QED) is 0.548. The molecule has 0 unspecified atom stereocenters. The fraction of sp³-hybridized carbons (Fsp3) is 0.750. The second kappa shape index (κ2) is 6.67. The van der Waals surface area contributed by atoms with Gasteiger partial charge in [-0.05, 0) is 6.92 Å². The van der Waals surface area contributed by atoms with E-state index >= 15 is 0 Å². The van der Waals surface area contributed by atoms with Crippen molar-refractivity contribution in [2.24, 2.45) is 0 Å². The number of rotatable bonds is 3. The Balaban J connectivity index is 2.93. The summed E-state index contributed by atoms with van der Waals surface area (Å²) in [6, 6.07) is 0. The minimum absolute atomic E-state index is 0.610. The highest BCUT2D eigenvalue weighted by molar-refractivity contribution is 5.68. The van der Waals surface area contributed by atoms with Crippen molar-refractivity contribution in [3.05, 3.63) is 0 Å². The zero-order chi connectivity index (χ0) is 15.4. The fourth-order valence-corrected chi connectivity index (χ4v) is 1.93. The summed E-state index contributed by atoms with van der Waals surface area (Å²) in [6.45, 7) is 5.03. The molecule has 8 nitrogen and oxygen atoms in total. The lowest BCUT2D eigenvalue weighted by molar-refractivity contribution is -0.289. The van der Waals surface area contributed by atoms with Gasteiger partial charge in [-0.15, -0.1) is 0 Å². The molecule has 1 heterocycles. The van der Waals surface area contributed by atoms with Gasteiger partial charge in [-0.25, -0.2) is 0 Å². The van der Waals surface area contributed by atoms with E-state index in [1.54, 1.807) is 6.92 Å². The Morgan fingerprint density at radius 2 is 1.35 bits per heavy atom. The zero-order valence-electron chi connectivity index (χ0n) is 11.7. The van der Waals surface area contributed by atoms with Crippen LogP contribution in [0, 0.1) is 0 Å². The lowest BCUT2D eigenvalue weighted by Crippen LogP contribution is -2.60. The van der Waals surface area contributed by atoms with Gasteiger partial charge in [-0.1, -0.05) is 0 Å². The van der Waals surface area contributed by atoms with Crippen LogP contribution in [0.4, 0.5) is 0 Å². The highest BCUT2D eigenvalue weighted by Crippen LogP contribution is 2.26. The van der Waals surface area contributed by atoms with E-state index in [1.807, 2.05) is 0 Å². The molecule has 5 atom stereocenters. The molecule has 0 radical (unpaired) electrons. The maximum Gasteiger partial charge on any atom is 0.305 e. The molecule has 8 heteroatoms. The van der Waals surface area contributed by atoms with Crippen LogP contribution in [0.3, 0.4) is 0 Å². The van der Waals surface area contributed by atoms with Gasteiger partial charge in [0.15, 0.2) is 18.3 Å². The summed E-state index contributed by atoms with van der Waals surface area (Å²) < 4.78 is 20.0. The van der Waals surface area contributed by atoms with E-state index in [0.29, 0.717) is 0 Å². The number of aliphatic hydroxyl groups is 1. The first-order valence-electron chi connectivity index (χ1n) is 6.07. The highest BCUT2D eigenvalue weighted by atomic mass is 16.7. The van der Waals surface area contributed by atoms with Crippen LogP contribution in [-0.4, -0.2) is 53.7 Å². The Morgan fingerprint density at radius 1 is 0.900 bits per heavy atom. The number of carbonyl (C=O) groups is 3. The summed E-state index contributed by atoms with van der Waals surface area (Å²) in [7, 11) is 0. The lowest BCUT2D eigenvalue weighted by atomic mass is 9.99. The first-order valence-corrected chi connectivity index (χ1v) is 6.07. The van der Waals surface area contributed by atoms with Gasteiger partial charge in [0, 0.05) is 20.8 Å². The SMILES string of the molecule is CC(=O)O[C@@H]1O[C@@H](C)[C@H](OC(C)=O)[C@@H](OC(C)=O)[C@H]1O. The predicted molar refractivity (Wildman–Crippen MR) is 63.2 cm³/mol. The van der Waals surface area contributed by atoms with Gasteiger partial charge < -0.3 is 24.1 Å². The van der Waals surface area contributed by atoms with Crippen molar-refractivity contribution in [2.45, 2.75) is 58.4 Å². The smallest absolute Gasteiger partial charge is 0.305 e. The molecule has 0 saturated carbocycles. The normalized spacial score (nSPS) is 33.1. The molecule has 0 spiro atoms. The first kappa shape index (κ1) is 16.4. The van der Waals surface area contributed by atoms with Crippen molar-refractivity contribution in [3.63, 3.8) is 0 Å². The van der Waals surface area contributed by atoms with Crippen molar-refractivity contribution >= 4 is 17.9 Å². The molecule has 0 amide bonds. The van der Waals surface area contributed by atoms with Crippen LogP contribution in [0.5, 0.6) is 0 Å². The van der Waals surface area contributed by atoms with E-state index in [1.165, 1.54) is 6.92 Å². The van der Waals surface area contributed by atoms with Crippen molar-refractivity contribution in [2.75, 3.05) is 0 Å². The third kappa shape index (κ3) is 4.17. The molecule has 0 aromatic rings. The van der Waals surface area contributed by atoms with Gasteiger partial charge in [-0.2, -0.15) is 0 Å². The zero-order valence-corrected chi connectivity index (χ0v) is 11.7. The number of hydrogen-bond acceptors (Lipinski definition) is 8. The number of aliphatic hydroxyl groups excluding tert-OH is 1. The minimum atomic E-state index is -1.46. The highest BCUT2D eigenvalue weighted by Gasteiger charge is 2.49. The molecule has 20 heavy (non-hydrogen) atoms. The van der Waals surface area contributed by atoms with Crippen LogP contribution in [0.15, 0.2) is 0 Å². The average Bonchev–Trinajstić information content (AvgIpc) is 2.28. The molecule has 114 valence electrons. The van der Waals surface area contributed by atoms with E-state index in [0.717, 1.165) is 13.8 Å². The van der Waals surface area contributed by atoms with Crippen molar-refractivity contribution < 1.29 is 38.4 Å². The molecule has 1 saturated heterocycles. The summed E-state index contributed by atoms with van der Waals surface area (Å²) in [5, 5.41) is 10.1. The molecule has 0 aliphatic carbocycles. The monoisotopic (exact) mass is 290 g/mol. The molecule has 1 N–H and O–H groups in total. The fourth-order valence-electron chi connectivity index (χ4n) is 1.93. The molecule has 0 aromatic heterocycles. The van der Waals surface area contributed by atoms with Crippen LogP contribution < -0.4 is 0 Å². The van der Waals surface area contributed by atoms with Crippen LogP contribution >= 0.6 is 0 Å². The molecule has 0 bridgehead atoms. The molecule has 1 aliphatic heterocycles. The summed E-state index contributed by atoms with van der Waals surface area (Å²) in [4.78, 5) is 33.1. The van der Waals surface area contributed by atoms with E-state index in [2.05, 4.69) is 0 Å². The van der Waals surface area contributed by atoms with E-state index < -0.39 is 48.6 Å². The molecule has 1 rings (SSSR count). The Morgan fingerprint density at radius 3 is 1.80 bits per heavy atom. The molecule has 1 aliphatic rings. The van der Waals surface area contributed by atoms with Crippen molar-refractivity contribution in [1.82, 2.24) is 0 Å². The third-order valence-electron chi connectivity index (χ3n) is 2.64. The number of hydrogen-bond donors (Lipinski definition) is 1. The second-order valence-corrected chi connectivity index (χ2v) is 4.46. The van der Waals surface area contributed by atoms with Crippen LogP contribution in [-0.2, 0) is 33.3 Å². The second-order valence-electron chi connectivity index (χ2n) is 4.46. The number of ether oxygens (including phenoxy) is 4. The summed E-state index contributed by atoms with van der Waals surface area (Å²) in [5.74, 6) is -1.93. The average molecular weight is 290 g/mol. The van der Waals surface area contributed by atoms with Gasteiger partial charge in [0.2, 0.25) is 6.29 Å². The summed E-state index contributed by atoms with van der Waals surface area (Å²) in [5.41, 5.74) is 0. The lowest BCUT2D eigenvalue weighted by Gasteiger charge is -2.41. The van der Waals surface area contributed by atoms with Gasteiger partial charge in [0.25, 0.3) is 0 Å². The Kier molecular flexibility index (Phi) is 5.46. The minimum Gasteiger partial charge on any atom is -0.456 e. The summed E-state index contributed by atoms with van der Waals surface area (Å²) in [6.07, 6.45) is -5.64. The predicted octanol–water partition coefficient (Wildman–Crippen LogP) is -0.481. The van der Waals surface area contributed by atoms with Gasteiger partial charge in [0.05, 0.1) is 6.10 Å². The maximum absolute atomic E-state index is 11.1. The van der Waals surface area contributed by atoms with Crippen molar-refractivity contribution in [1.29, 1.82) is 0 Å². The van der Waals surface area contributed by atoms with E-state index in [9.17, 15) is 19.5 Å². The number of esters is 3.